The largest absolute Gasteiger partial charge is 0.368 e. The van der Waals surface area contributed by atoms with Crippen molar-refractivity contribution in [3.05, 3.63) is 30.1 Å². The number of nitrogens with one attached hydrogen (secondary N) is 1. The Hall–Kier alpha value is -2.37. The summed E-state index contributed by atoms with van der Waals surface area (Å²) in [5, 5.41) is 2.94. The monoisotopic (exact) mass is 300 g/mol. The van der Waals surface area contributed by atoms with Crippen LogP contribution in [0.3, 0.4) is 0 Å². The zero-order valence-electron chi connectivity index (χ0n) is 12.4. The number of carbonyl (C=O) groups is 2. The van der Waals surface area contributed by atoms with Gasteiger partial charge >= 0.3 is 0 Å². The molecule has 1 heterocycles. The van der Waals surface area contributed by atoms with Gasteiger partial charge in [0.05, 0.1) is 11.0 Å². The van der Waals surface area contributed by atoms with Crippen LogP contribution in [0, 0.1) is 5.92 Å². The first kappa shape index (κ1) is 14.6. The molecule has 0 bridgehead atoms. The third kappa shape index (κ3) is 3.27. The number of aromatic nitrogens is 2. The molecule has 116 valence electrons. The van der Waals surface area contributed by atoms with Gasteiger partial charge < -0.3 is 15.6 Å². The van der Waals surface area contributed by atoms with Crippen molar-refractivity contribution in [3.8, 4) is 0 Å². The topological polar surface area (TPSA) is 90.0 Å². The predicted octanol–water partition coefficient (Wildman–Crippen LogP) is 0.980. The summed E-state index contributed by atoms with van der Waals surface area (Å²) < 4.78 is 1.86. The Morgan fingerprint density at radius 3 is 2.82 bits per heavy atom. The van der Waals surface area contributed by atoms with E-state index in [0.29, 0.717) is 13.0 Å². The molecule has 3 N–H and O–H groups in total. The normalized spacial score (nSPS) is 14.2. The number of fused-ring (bicyclic) bond motifs is 1. The van der Waals surface area contributed by atoms with E-state index in [0.717, 1.165) is 36.1 Å². The van der Waals surface area contributed by atoms with Gasteiger partial charge in [-0.1, -0.05) is 12.1 Å². The number of hydrogen-bond donors (Lipinski definition) is 2. The maximum absolute atomic E-state index is 11.6. The van der Waals surface area contributed by atoms with E-state index in [2.05, 4.69) is 10.3 Å². The second-order valence-electron chi connectivity index (χ2n) is 5.74. The maximum atomic E-state index is 11.6. The zero-order valence-corrected chi connectivity index (χ0v) is 12.4. The van der Waals surface area contributed by atoms with Crippen molar-refractivity contribution < 1.29 is 9.59 Å². The van der Waals surface area contributed by atoms with Crippen LogP contribution >= 0.6 is 0 Å². The maximum Gasteiger partial charge on any atom is 0.237 e. The standard InChI is InChI=1S/C16H20N4O2/c17-14(21)10-20-13-5-2-1-4-12(13)19-15(20)6-3-9-18-16(22)11-7-8-11/h1-2,4-5,11H,3,6-10H2,(H2,17,21)(H,18,22). The molecule has 0 spiro atoms. The van der Waals surface area contributed by atoms with Crippen LogP contribution in [-0.2, 0) is 22.6 Å². The fraction of sp³-hybridized carbons (Fsp3) is 0.438. The number of imidazole rings is 1. The molecule has 22 heavy (non-hydrogen) atoms. The van der Waals surface area contributed by atoms with E-state index in [1.54, 1.807) is 0 Å². The first-order valence-corrected chi connectivity index (χ1v) is 7.65. The molecule has 1 aliphatic carbocycles. The number of amides is 2. The molecule has 1 aromatic carbocycles. The van der Waals surface area contributed by atoms with E-state index in [4.69, 9.17) is 5.73 Å². The third-order valence-electron chi connectivity index (χ3n) is 3.87. The molecular formula is C16H20N4O2. The fourth-order valence-corrected chi connectivity index (χ4v) is 2.60. The Labute approximate surface area is 128 Å². The van der Waals surface area contributed by atoms with Gasteiger partial charge in [-0.25, -0.2) is 4.98 Å². The van der Waals surface area contributed by atoms with E-state index >= 15 is 0 Å². The minimum Gasteiger partial charge on any atom is -0.368 e. The minimum absolute atomic E-state index is 0.129. The number of rotatable bonds is 7. The molecule has 3 rings (SSSR count). The highest BCUT2D eigenvalue weighted by molar-refractivity contribution is 5.81. The fourth-order valence-electron chi connectivity index (χ4n) is 2.60. The summed E-state index contributed by atoms with van der Waals surface area (Å²) in [6, 6.07) is 7.69. The van der Waals surface area contributed by atoms with E-state index in [1.165, 1.54) is 0 Å². The summed E-state index contributed by atoms with van der Waals surface area (Å²) in [7, 11) is 0. The van der Waals surface area contributed by atoms with Gasteiger partial charge in [0.15, 0.2) is 0 Å². The van der Waals surface area contributed by atoms with Crippen LogP contribution in [0.1, 0.15) is 25.1 Å². The van der Waals surface area contributed by atoms with Crippen LogP contribution in [0.25, 0.3) is 11.0 Å². The molecule has 2 amide bonds. The molecule has 0 aliphatic heterocycles. The van der Waals surface area contributed by atoms with Crippen LogP contribution in [0.2, 0.25) is 0 Å². The average Bonchev–Trinajstić information content (AvgIpc) is 3.28. The van der Waals surface area contributed by atoms with Crippen molar-refractivity contribution in [2.75, 3.05) is 6.54 Å². The molecule has 0 radical (unpaired) electrons. The Morgan fingerprint density at radius 2 is 2.09 bits per heavy atom. The molecule has 1 aliphatic rings. The van der Waals surface area contributed by atoms with Crippen molar-refractivity contribution in [1.29, 1.82) is 0 Å². The van der Waals surface area contributed by atoms with Gasteiger partial charge in [-0.3, -0.25) is 9.59 Å². The van der Waals surface area contributed by atoms with Crippen LogP contribution in [0.5, 0.6) is 0 Å². The Balaban J connectivity index is 1.66. The lowest BCUT2D eigenvalue weighted by molar-refractivity contribution is -0.122. The lowest BCUT2D eigenvalue weighted by atomic mass is 10.2. The quantitative estimate of drug-likeness (QED) is 0.747. The number of hydrogen-bond acceptors (Lipinski definition) is 3. The molecule has 6 heteroatoms. The van der Waals surface area contributed by atoms with Crippen molar-refractivity contribution in [1.82, 2.24) is 14.9 Å². The molecule has 0 saturated heterocycles. The summed E-state index contributed by atoms with van der Waals surface area (Å²) in [5.41, 5.74) is 7.11. The van der Waals surface area contributed by atoms with Gasteiger partial charge in [-0.05, 0) is 31.4 Å². The van der Waals surface area contributed by atoms with Gasteiger partial charge in [0.2, 0.25) is 11.8 Å². The van der Waals surface area contributed by atoms with Crippen LogP contribution in [-0.4, -0.2) is 27.9 Å². The van der Waals surface area contributed by atoms with Gasteiger partial charge in [-0.2, -0.15) is 0 Å². The highest BCUT2D eigenvalue weighted by Crippen LogP contribution is 2.28. The number of nitrogens with zero attached hydrogens (tertiary/aromatic N) is 2. The molecule has 6 nitrogen and oxygen atoms in total. The molecule has 1 saturated carbocycles. The number of primary amides is 1. The second-order valence-corrected chi connectivity index (χ2v) is 5.74. The van der Waals surface area contributed by atoms with Crippen LogP contribution in [0.4, 0.5) is 0 Å². The highest BCUT2D eigenvalue weighted by Gasteiger charge is 2.29. The number of para-hydroxylation sites is 2. The van der Waals surface area contributed by atoms with Gasteiger partial charge in [0, 0.05) is 18.9 Å². The van der Waals surface area contributed by atoms with E-state index in [9.17, 15) is 9.59 Å². The number of aryl methyl sites for hydroxylation is 1. The highest BCUT2D eigenvalue weighted by atomic mass is 16.2. The smallest absolute Gasteiger partial charge is 0.237 e. The number of benzene rings is 1. The zero-order chi connectivity index (χ0) is 15.5. The summed E-state index contributed by atoms with van der Waals surface area (Å²) in [5.74, 6) is 0.845. The first-order valence-electron chi connectivity index (χ1n) is 7.65. The van der Waals surface area contributed by atoms with E-state index in [-0.39, 0.29) is 24.3 Å². The SMILES string of the molecule is NC(=O)Cn1c(CCCNC(=O)C2CC2)nc2ccccc21. The molecule has 2 aromatic rings. The first-order chi connectivity index (χ1) is 10.6. The van der Waals surface area contributed by atoms with Crippen LogP contribution in [0.15, 0.2) is 24.3 Å². The lowest BCUT2D eigenvalue weighted by Gasteiger charge is -2.07. The Kier molecular flexibility index (Phi) is 4.09. The predicted molar refractivity (Wildman–Crippen MR) is 83.0 cm³/mol. The van der Waals surface area contributed by atoms with Crippen molar-refractivity contribution in [2.24, 2.45) is 11.7 Å². The summed E-state index contributed by atoms with van der Waals surface area (Å²) in [6.45, 7) is 0.763. The van der Waals surface area contributed by atoms with Crippen molar-refractivity contribution >= 4 is 22.8 Å². The molecule has 1 fully saturated rings. The van der Waals surface area contributed by atoms with Crippen LogP contribution < -0.4 is 11.1 Å². The molecule has 1 aromatic heterocycles. The number of nitrogens with two attached hydrogens (primary N) is 1. The Morgan fingerprint density at radius 1 is 1.32 bits per heavy atom. The van der Waals surface area contributed by atoms with Gasteiger partial charge in [0.1, 0.15) is 12.4 Å². The van der Waals surface area contributed by atoms with E-state index in [1.807, 2.05) is 28.8 Å². The lowest BCUT2D eigenvalue weighted by Crippen LogP contribution is -2.26. The molecule has 0 atom stereocenters. The van der Waals surface area contributed by atoms with Crippen molar-refractivity contribution in [2.45, 2.75) is 32.2 Å². The van der Waals surface area contributed by atoms with Gasteiger partial charge in [0.25, 0.3) is 0 Å². The number of carbonyl (C=O) groups excluding carboxylic acids is 2. The second kappa shape index (κ2) is 6.17. The third-order valence-corrected chi connectivity index (χ3v) is 3.87. The summed E-state index contributed by atoms with van der Waals surface area (Å²) in [6.07, 6.45) is 3.52. The summed E-state index contributed by atoms with van der Waals surface area (Å²) >= 11 is 0. The molecular weight excluding hydrogens is 280 g/mol. The van der Waals surface area contributed by atoms with Gasteiger partial charge in [-0.15, -0.1) is 0 Å². The summed E-state index contributed by atoms with van der Waals surface area (Å²) in [4.78, 5) is 27.4. The van der Waals surface area contributed by atoms with E-state index < -0.39 is 0 Å². The van der Waals surface area contributed by atoms with Crippen molar-refractivity contribution in [3.63, 3.8) is 0 Å². The molecule has 0 unspecified atom stereocenters. The Bertz CT molecular complexity index is 703. The minimum atomic E-state index is -0.383. The average molecular weight is 300 g/mol.